The average Bonchev–Trinajstić information content (AvgIpc) is 2.91. The molecule has 0 radical (unpaired) electrons. The summed E-state index contributed by atoms with van der Waals surface area (Å²) in [6, 6.07) is 3.42. The molecule has 0 bridgehead atoms. The van der Waals surface area contributed by atoms with E-state index in [0.717, 1.165) is 22.3 Å². The summed E-state index contributed by atoms with van der Waals surface area (Å²) in [6.45, 7) is 7.65. The molecule has 4 nitrogen and oxygen atoms in total. The molecule has 0 spiro atoms. The molecule has 1 aliphatic heterocycles. The molecule has 1 saturated carbocycles. The Morgan fingerprint density at radius 1 is 1.19 bits per heavy atom. The molecule has 0 N–H and O–H groups in total. The molecule has 138 valence electrons. The van der Waals surface area contributed by atoms with Crippen molar-refractivity contribution in [1.82, 2.24) is 9.55 Å². The quantitative estimate of drug-likeness (QED) is 0.743. The van der Waals surface area contributed by atoms with Crippen LogP contribution >= 0.6 is 0 Å². The lowest BCUT2D eigenvalue weighted by Crippen LogP contribution is -2.41. The van der Waals surface area contributed by atoms with E-state index in [-0.39, 0.29) is 17.5 Å². The van der Waals surface area contributed by atoms with Crippen LogP contribution in [0.2, 0.25) is 0 Å². The van der Waals surface area contributed by atoms with Crippen molar-refractivity contribution in [2.24, 2.45) is 7.05 Å². The Morgan fingerprint density at radius 2 is 1.81 bits per heavy atom. The number of fused-ring (bicyclic) bond motifs is 1. The summed E-state index contributed by atoms with van der Waals surface area (Å²) < 4.78 is 41.8. The average molecular weight is 360 g/mol. The van der Waals surface area contributed by atoms with Gasteiger partial charge in [-0.25, -0.2) is 13.8 Å². The zero-order chi connectivity index (χ0) is 18.9. The van der Waals surface area contributed by atoms with E-state index < -0.39 is 18.3 Å². The summed E-state index contributed by atoms with van der Waals surface area (Å²) in [5.74, 6) is -0.156. The Bertz CT molecular complexity index is 896. The zero-order valence-electron chi connectivity index (χ0n) is 15.8. The molecule has 4 rings (SSSR count). The lowest BCUT2D eigenvalue weighted by atomic mass is 9.71. The number of rotatable bonds is 2. The van der Waals surface area contributed by atoms with E-state index in [4.69, 9.17) is 9.31 Å². The van der Waals surface area contributed by atoms with Crippen LogP contribution in [0.5, 0.6) is 0 Å². The summed E-state index contributed by atoms with van der Waals surface area (Å²) in [5, 5.41) is 0.770. The topological polar surface area (TPSA) is 36.3 Å². The lowest BCUT2D eigenvalue weighted by Gasteiger charge is -2.32. The molecule has 0 amide bonds. The first-order chi connectivity index (χ1) is 12.1. The smallest absolute Gasteiger partial charge is 0.398 e. The van der Waals surface area contributed by atoms with Crippen LogP contribution in [-0.2, 0) is 16.4 Å². The number of hydrogen-bond acceptors (Lipinski definition) is 3. The van der Waals surface area contributed by atoms with Crippen molar-refractivity contribution in [2.45, 2.75) is 57.7 Å². The van der Waals surface area contributed by atoms with Gasteiger partial charge in [-0.1, -0.05) is 0 Å². The minimum atomic E-state index is -0.931. The molecule has 2 aromatic heterocycles. The Balaban J connectivity index is 1.54. The number of aromatic nitrogens is 2. The van der Waals surface area contributed by atoms with Crippen molar-refractivity contribution >= 4 is 18.2 Å². The van der Waals surface area contributed by atoms with Crippen LogP contribution in [0.15, 0.2) is 29.6 Å². The third-order valence-corrected chi connectivity index (χ3v) is 6.07. The summed E-state index contributed by atoms with van der Waals surface area (Å²) in [4.78, 5) is 4.15. The molecule has 2 aromatic rings. The largest absolute Gasteiger partial charge is 0.525 e. The maximum Gasteiger partial charge on any atom is 0.525 e. The fraction of sp³-hybridized carbons (Fsp3) is 0.526. The minimum Gasteiger partial charge on any atom is -0.398 e. The predicted molar refractivity (Wildman–Crippen MR) is 96.9 cm³/mol. The third-order valence-electron chi connectivity index (χ3n) is 6.07. The molecule has 2 aliphatic rings. The van der Waals surface area contributed by atoms with E-state index in [9.17, 15) is 8.78 Å². The second-order valence-electron chi connectivity index (χ2n) is 8.34. The number of nitrogens with zero attached hydrogens (tertiary/aromatic N) is 2. The van der Waals surface area contributed by atoms with Crippen LogP contribution in [0.4, 0.5) is 8.78 Å². The number of aryl methyl sites for hydroxylation is 1. The van der Waals surface area contributed by atoms with E-state index in [1.54, 1.807) is 0 Å². The molecule has 26 heavy (non-hydrogen) atoms. The number of halogens is 2. The van der Waals surface area contributed by atoms with E-state index >= 15 is 0 Å². The van der Waals surface area contributed by atoms with Crippen molar-refractivity contribution < 1.29 is 18.1 Å². The molecule has 1 saturated heterocycles. The van der Waals surface area contributed by atoms with Gasteiger partial charge in [0.05, 0.1) is 17.4 Å². The highest BCUT2D eigenvalue weighted by Crippen LogP contribution is 2.47. The third kappa shape index (κ3) is 2.60. The van der Waals surface area contributed by atoms with Crippen LogP contribution in [0.25, 0.3) is 11.0 Å². The number of allylic oxidation sites excluding steroid dienone is 1. The first kappa shape index (κ1) is 17.7. The molecule has 3 heterocycles. The van der Waals surface area contributed by atoms with Gasteiger partial charge in [0, 0.05) is 24.0 Å². The lowest BCUT2D eigenvalue weighted by molar-refractivity contribution is 0.00578. The molecular formula is C19H23BF2N2O2. The van der Waals surface area contributed by atoms with E-state index in [0.29, 0.717) is 12.8 Å². The summed E-state index contributed by atoms with van der Waals surface area (Å²) in [5.41, 5.74) is 1.11. The normalized spacial score (nSPS) is 24.2. The maximum absolute atomic E-state index is 14.8. The molecule has 0 aromatic carbocycles. The Labute approximate surface area is 152 Å². The summed E-state index contributed by atoms with van der Waals surface area (Å²) in [6.07, 6.45) is 2.45. The first-order valence-corrected chi connectivity index (χ1v) is 8.93. The van der Waals surface area contributed by atoms with Crippen LogP contribution in [-0.4, -0.2) is 27.9 Å². The number of pyridine rings is 1. The van der Waals surface area contributed by atoms with Crippen LogP contribution in [0, 0.1) is 5.82 Å². The number of hydrogen-bond donors (Lipinski definition) is 0. The van der Waals surface area contributed by atoms with Crippen molar-refractivity contribution in [2.75, 3.05) is 0 Å². The van der Waals surface area contributed by atoms with Gasteiger partial charge in [0.1, 0.15) is 17.2 Å². The van der Waals surface area contributed by atoms with Crippen molar-refractivity contribution in [3.8, 4) is 0 Å². The van der Waals surface area contributed by atoms with Crippen LogP contribution in [0.3, 0.4) is 0 Å². The molecule has 0 atom stereocenters. The van der Waals surface area contributed by atoms with E-state index in [1.807, 2.05) is 45.4 Å². The predicted octanol–water partition coefficient (Wildman–Crippen LogP) is 4.44. The van der Waals surface area contributed by atoms with E-state index in [2.05, 4.69) is 4.98 Å². The van der Waals surface area contributed by atoms with Crippen molar-refractivity contribution in [1.29, 1.82) is 0 Å². The van der Waals surface area contributed by atoms with Gasteiger partial charge in [-0.05, 0) is 58.2 Å². The van der Waals surface area contributed by atoms with Gasteiger partial charge in [0.25, 0.3) is 0 Å². The van der Waals surface area contributed by atoms with Gasteiger partial charge in [0.15, 0.2) is 0 Å². The molecule has 2 fully saturated rings. The van der Waals surface area contributed by atoms with Crippen molar-refractivity contribution in [3.05, 3.63) is 41.1 Å². The van der Waals surface area contributed by atoms with E-state index in [1.165, 1.54) is 12.3 Å². The van der Waals surface area contributed by atoms with Gasteiger partial charge in [-0.15, -0.1) is 0 Å². The van der Waals surface area contributed by atoms with Crippen LogP contribution < -0.4 is 0 Å². The Morgan fingerprint density at radius 3 is 2.42 bits per heavy atom. The van der Waals surface area contributed by atoms with Crippen molar-refractivity contribution in [3.63, 3.8) is 0 Å². The molecule has 0 unspecified atom stereocenters. The van der Waals surface area contributed by atoms with Gasteiger partial charge in [-0.2, -0.15) is 0 Å². The minimum absolute atomic E-state index is 0.195. The summed E-state index contributed by atoms with van der Waals surface area (Å²) >= 11 is 0. The second kappa shape index (κ2) is 5.63. The first-order valence-electron chi connectivity index (χ1n) is 8.93. The highest BCUT2D eigenvalue weighted by atomic mass is 19.1. The highest BCUT2D eigenvalue weighted by Gasteiger charge is 2.54. The molecule has 1 aliphatic carbocycles. The van der Waals surface area contributed by atoms with Gasteiger partial charge < -0.3 is 13.9 Å². The molecular weight excluding hydrogens is 337 g/mol. The molecule has 7 heteroatoms. The van der Waals surface area contributed by atoms with Crippen LogP contribution in [0.1, 0.15) is 52.1 Å². The highest BCUT2D eigenvalue weighted by molar-refractivity contribution is 6.53. The monoisotopic (exact) mass is 360 g/mol. The maximum atomic E-state index is 14.8. The Hall–Kier alpha value is -1.73. The second-order valence-corrected chi connectivity index (χ2v) is 8.34. The summed E-state index contributed by atoms with van der Waals surface area (Å²) in [7, 11) is 0.980. The SMILES string of the molecule is Cn1c(C2CC(=C(F)B3OC(C)(C)C(C)(C)O3)C2)cc2cc(F)cnc21. The fourth-order valence-corrected chi connectivity index (χ4v) is 3.66. The van der Waals surface area contributed by atoms with Gasteiger partial charge >= 0.3 is 7.12 Å². The standard InChI is InChI=1S/C19H23BF2N2O2/c1-18(2)19(3,4)26-20(25-18)16(22)12-6-11(7-12)15-9-13-8-14(21)10-23-17(13)24(15)5/h8-11H,6-7H2,1-5H3. The Kier molecular flexibility index (Phi) is 3.83. The fourth-order valence-electron chi connectivity index (χ4n) is 3.66. The van der Waals surface area contributed by atoms with Gasteiger partial charge in [0.2, 0.25) is 0 Å². The van der Waals surface area contributed by atoms with Gasteiger partial charge in [-0.3, -0.25) is 0 Å². The zero-order valence-corrected chi connectivity index (χ0v) is 15.8.